The molecule has 26 heavy (non-hydrogen) atoms. The Hall–Kier alpha value is -1.09. The highest BCUT2D eigenvalue weighted by Gasteiger charge is 2.54. The first kappa shape index (κ1) is 19.7. The highest BCUT2D eigenvalue weighted by Crippen LogP contribution is 2.54. The monoisotopic (exact) mass is 372 g/mol. The van der Waals surface area contributed by atoms with Crippen LogP contribution >= 0.6 is 0 Å². The maximum atomic E-state index is 13.4. The van der Waals surface area contributed by atoms with Crippen molar-refractivity contribution in [3.8, 4) is 5.75 Å². The van der Waals surface area contributed by atoms with Crippen LogP contribution in [0.3, 0.4) is 0 Å². The second kappa shape index (κ2) is 6.81. The molecule has 1 fully saturated rings. The zero-order valence-corrected chi connectivity index (χ0v) is 18.6. The number of Topliss-reactive ketones (excluding diaryl/α,β-unsaturated/α-hetero) is 1. The minimum absolute atomic E-state index is 0.131. The summed E-state index contributed by atoms with van der Waals surface area (Å²) < 4.78 is 6.43. The van der Waals surface area contributed by atoms with Gasteiger partial charge in [0.05, 0.1) is 13.6 Å². The van der Waals surface area contributed by atoms with Crippen molar-refractivity contribution in [2.24, 2.45) is 11.8 Å². The molecule has 1 aliphatic heterocycles. The van der Waals surface area contributed by atoms with Gasteiger partial charge in [-0.25, -0.2) is 0 Å². The van der Waals surface area contributed by atoms with E-state index in [1.54, 1.807) is 0 Å². The van der Waals surface area contributed by atoms with Gasteiger partial charge in [0.25, 0.3) is 0 Å². The third-order valence-corrected chi connectivity index (χ3v) is 15.3. The van der Waals surface area contributed by atoms with Gasteiger partial charge in [-0.3, -0.25) is 4.79 Å². The Kier molecular flexibility index (Phi) is 5.15. The number of fused-ring (bicyclic) bond motifs is 3. The first-order valence-corrected chi connectivity index (χ1v) is 12.9. The standard InChI is InChI=1S/C23H36O2Si/c1-15(2)26(16(3)4,17(5)6)14-18-12-23(7)13-20(18)22(24)19-10-8-9-11-21(19)25-23/h8-11,15-18,20H,12-14H2,1-7H3/t18-,20+,23+/m0/s1. The molecule has 0 unspecified atom stereocenters. The number of hydrogen-bond acceptors (Lipinski definition) is 2. The smallest absolute Gasteiger partial charge is 0.170 e. The fourth-order valence-corrected chi connectivity index (χ4v) is 13.2. The van der Waals surface area contributed by atoms with E-state index in [0.29, 0.717) is 11.7 Å². The summed E-state index contributed by atoms with van der Waals surface area (Å²) in [7, 11) is -1.53. The van der Waals surface area contributed by atoms with Gasteiger partial charge in [0, 0.05) is 5.92 Å². The molecular weight excluding hydrogens is 336 g/mol. The Balaban J connectivity index is 1.97. The SMILES string of the molecule is CC(C)[Si](C[C@@H]1C[C@]2(C)C[C@H]1C(=O)c1ccccc1O2)(C(C)C)C(C)C. The normalized spacial score (nSPS) is 28.5. The number of carbonyl (C=O) groups excluding carboxylic acids is 1. The zero-order valence-electron chi connectivity index (χ0n) is 17.6. The number of ether oxygens (including phenoxy) is 1. The predicted octanol–water partition coefficient (Wildman–Crippen LogP) is 6.73. The maximum absolute atomic E-state index is 13.4. The lowest BCUT2D eigenvalue weighted by atomic mass is 9.89. The van der Waals surface area contributed by atoms with Crippen molar-refractivity contribution in [1.29, 1.82) is 0 Å². The molecule has 1 aliphatic carbocycles. The molecule has 0 radical (unpaired) electrons. The van der Waals surface area contributed by atoms with E-state index in [-0.39, 0.29) is 11.5 Å². The molecule has 3 heteroatoms. The van der Waals surface area contributed by atoms with E-state index < -0.39 is 8.07 Å². The Bertz CT molecular complexity index is 657. The zero-order chi connectivity index (χ0) is 19.3. The van der Waals surface area contributed by atoms with Crippen LogP contribution in [0.25, 0.3) is 0 Å². The van der Waals surface area contributed by atoms with Crippen molar-refractivity contribution in [3.05, 3.63) is 29.8 Å². The molecule has 2 nitrogen and oxygen atoms in total. The molecule has 2 bridgehead atoms. The summed E-state index contributed by atoms with van der Waals surface area (Å²) in [6.45, 7) is 16.8. The van der Waals surface area contributed by atoms with Gasteiger partial charge in [0.2, 0.25) is 0 Å². The third-order valence-electron chi connectivity index (χ3n) is 7.60. The first-order valence-electron chi connectivity index (χ1n) is 10.4. The molecule has 1 aromatic rings. The average molecular weight is 373 g/mol. The van der Waals surface area contributed by atoms with Gasteiger partial charge < -0.3 is 4.74 Å². The molecule has 1 aromatic carbocycles. The van der Waals surface area contributed by atoms with E-state index >= 15 is 0 Å². The summed E-state index contributed by atoms with van der Waals surface area (Å²) in [6, 6.07) is 9.11. The van der Waals surface area contributed by atoms with Crippen LogP contribution < -0.4 is 4.74 Å². The number of benzene rings is 1. The van der Waals surface area contributed by atoms with Crippen molar-refractivity contribution in [3.63, 3.8) is 0 Å². The summed E-state index contributed by atoms with van der Waals surface area (Å²) in [5.41, 5.74) is 2.82. The van der Waals surface area contributed by atoms with E-state index in [2.05, 4.69) is 48.5 Å². The number of para-hydroxylation sites is 1. The summed E-state index contributed by atoms with van der Waals surface area (Å²) in [4.78, 5) is 13.4. The van der Waals surface area contributed by atoms with Gasteiger partial charge in [0.1, 0.15) is 11.4 Å². The van der Waals surface area contributed by atoms with Crippen LogP contribution in [0.15, 0.2) is 24.3 Å². The molecule has 0 saturated heterocycles. The Morgan fingerprint density at radius 2 is 1.62 bits per heavy atom. The Morgan fingerprint density at radius 1 is 1.04 bits per heavy atom. The Morgan fingerprint density at radius 3 is 2.19 bits per heavy atom. The number of ketones is 1. The van der Waals surface area contributed by atoms with Gasteiger partial charge in [0.15, 0.2) is 5.78 Å². The summed E-state index contributed by atoms with van der Waals surface area (Å²) in [6.07, 6.45) is 1.91. The molecular formula is C23H36O2Si. The van der Waals surface area contributed by atoms with Crippen molar-refractivity contribution in [2.45, 2.75) is 89.6 Å². The number of carbonyl (C=O) groups is 1. The fraction of sp³-hybridized carbons (Fsp3) is 0.696. The minimum Gasteiger partial charge on any atom is -0.487 e. The fourth-order valence-electron chi connectivity index (χ4n) is 6.40. The van der Waals surface area contributed by atoms with Gasteiger partial charge in [-0.15, -0.1) is 0 Å². The molecule has 144 valence electrons. The average Bonchev–Trinajstić information content (AvgIpc) is 2.81. The largest absolute Gasteiger partial charge is 0.487 e. The van der Waals surface area contributed by atoms with Crippen LogP contribution in [0.4, 0.5) is 0 Å². The van der Waals surface area contributed by atoms with Gasteiger partial charge >= 0.3 is 0 Å². The van der Waals surface area contributed by atoms with Gasteiger partial charge in [-0.2, -0.15) is 0 Å². The lowest BCUT2D eigenvalue weighted by molar-refractivity contribution is 0.0889. The van der Waals surface area contributed by atoms with E-state index in [1.807, 2.05) is 24.3 Å². The highest BCUT2D eigenvalue weighted by molar-refractivity contribution is 6.83. The van der Waals surface area contributed by atoms with Crippen LogP contribution in [-0.4, -0.2) is 19.5 Å². The molecule has 3 rings (SSSR count). The molecule has 0 amide bonds. The lowest BCUT2D eigenvalue weighted by Gasteiger charge is -2.46. The lowest BCUT2D eigenvalue weighted by Crippen LogP contribution is -2.47. The molecule has 1 heterocycles. The van der Waals surface area contributed by atoms with Crippen LogP contribution in [0.1, 0.15) is 71.7 Å². The second-order valence-electron chi connectivity index (χ2n) is 9.97. The van der Waals surface area contributed by atoms with Crippen LogP contribution in [0.2, 0.25) is 22.7 Å². The summed E-state index contributed by atoms with van der Waals surface area (Å²) >= 11 is 0. The van der Waals surface area contributed by atoms with E-state index in [4.69, 9.17) is 4.74 Å². The van der Waals surface area contributed by atoms with E-state index in [0.717, 1.165) is 40.8 Å². The van der Waals surface area contributed by atoms with Gasteiger partial charge in [-0.05, 0) is 37.8 Å². The second-order valence-corrected chi connectivity index (χ2v) is 16.1. The molecule has 1 saturated carbocycles. The summed E-state index contributed by atoms with van der Waals surface area (Å²) in [5, 5.41) is 0. The van der Waals surface area contributed by atoms with Crippen LogP contribution in [0.5, 0.6) is 5.75 Å². The summed E-state index contributed by atoms with van der Waals surface area (Å²) in [5.74, 6) is 1.72. The molecule has 0 aromatic heterocycles. The van der Waals surface area contributed by atoms with Crippen molar-refractivity contribution >= 4 is 13.9 Å². The Labute approximate surface area is 160 Å². The molecule has 0 spiro atoms. The number of rotatable bonds is 5. The van der Waals surface area contributed by atoms with Crippen LogP contribution in [-0.2, 0) is 0 Å². The first-order chi connectivity index (χ1) is 12.1. The van der Waals surface area contributed by atoms with E-state index in [9.17, 15) is 4.79 Å². The maximum Gasteiger partial charge on any atom is 0.170 e. The number of hydrogen-bond donors (Lipinski definition) is 0. The topological polar surface area (TPSA) is 26.3 Å². The quantitative estimate of drug-likeness (QED) is 0.536. The van der Waals surface area contributed by atoms with Crippen molar-refractivity contribution in [1.82, 2.24) is 0 Å². The van der Waals surface area contributed by atoms with Crippen molar-refractivity contribution < 1.29 is 9.53 Å². The van der Waals surface area contributed by atoms with Crippen LogP contribution in [0, 0.1) is 11.8 Å². The highest BCUT2D eigenvalue weighted by atomic mass is 28.3. The van der Waals surface area contributed by atoms with E-state index in [1.165, 1.54) is 6.04 Å². The molecule has 0 N–H and O–H groups in total. The molecule has 2 aliphatic rings. The molecule has 3 atom stereocenters. The third kappa shape index (κ3) is 3.06. The van der Waals surface area contributed by atoms with Crippen molar-refractivity contribution in [2.75, 3.05) is 0 Å². The minimum atomic E-state index is -1.53. The predicted molar refractivity (Wildman–Crippen MR) is 112 cm³/mol. The van der Waals surface area contributed by atoms with Gasteiger partial charge in [-0.1, -0.05) is 76.3 Å².